The van der Waals surface area contributed by atoms with Crippen LogP contribution in [0.5, 0.6) is 0 Å². The molecule has 3 rings (SSSR count). The molecular formula is C13H16BClN2O2. The van der Waals surface area contributed by atoms with Crippen LogP contribution in [0, 0.1) is 0 Å². The second-order valence-corrected chi connectivity index (χ2v) is 6.28. The molecule has 0 N–H and O–H groups in total. The molecule has 0 unspecified atom stereocenters. The van der Waals surface area contributed by atoms with E-state index < -0.39 is 7.12 Å². The van der Waals surface area contributed by atoms with Crippen molar-refractivity contribution in [2.45, 2.75) is 38.9 Å². The fraction of sp³-hybridized carbons (Fsp3) is 0.462. The van der Waals surface area contributed by atoms with Gasteiger partial charge in [-0.1, -0.05) is 11.6 Å². The Morgan fingerprint density at radius 1 is 1.21 bits per heavy atom. The molecule has 4 nitrogen and oxygen atoms in total. The molecule has 100 valence electrons. The Hall–Kier alpha value is -1.04. The van der Waals surface area contributed by atoms with E-state index in [1.807, 2.05) is 50.4 Å². The third kappa shape index (κ3) is 1.97. The molecule has 0 bridgehead atoms. The summed E-state index contributed by atoms with van der Waals surface area (Å²) in [6, 6.07) is 3.64. The molecule has 0 radical (unpaired) electrons. The van der Waals surface area contributed by atoms with E-state index in [4.69, 9.17) is 20.9 Å². The Balaban J connectivity index is 2.03. The van der Waals surface area contributed by atoms with Gasteiger partial charge in [-0.05, 0) is 39.8 Å². The summed E-state index contributed by atoms with van der Waals surface area (Å²) in [5.41, 5.74) is 0.963. The monoisotopic (exact) mass is 278 g/mol. The maximum absolute atomic E-state index is 6.03. The van der Waals surface area contributed by atoms with Crippen molar-refractivity contribution in [3.63, 3.8) is 0 Å². The molecule has 1 aliphatic heterocycles. The SMILES string of the molecule is CC1(C)OB(c2cnc3cc(Cl)ccn23)OC1(C)C. The number of rotatable bonds is 1. The Morgan fingerprint density at radius 3 is 2.47 bits per heavy atom. The van der Waals surface area contributed by atoms with E-state index in [9.17, 15) is 0 Å². The van der Waals surface area contributed by atoms with Gasteiger partial charge in [0.15, 0.2) is 0 Å². The predicted octanol–water partition coefficient (Wildman–Crippen LogP) is 2.29. The van der Waals surface area contributed by atoms with Crippen LogP contribution in [0.2, 0.25) is 5.02 Å². The summed E-state index contributed by atoms with van der Waals surface area (Å²) in [4.78, 5) is 4.34. The highest BCUT2D eigenvalue weighted by atomic mass is 35.5. The van der Waals surface area contributed by atoms with Crippen molar-refractivity contribution in [2.75, 3.05) is 0 Å². The highest BCUT2D eigenvalue weighted by Crippen LogP contribution is 2.36. The Labute approximate surface area is 117 Å². The molecule has 19 heavy (non-hydrogen) atoms. The summed E-state index contributed by atoms with van der Waals surface area (Å²) < 4.78 is 14.0. The van der Waals surface area contributed by atoms with Crippen LogP contribution in [-0.4, -0.2) is 27.7 Å². The van der Waals surface area contributed by atoms with Gasteiger partial charge in [0.25, 0.3) is 0 Å². The van der Waals surface area contributed by atoms with Crippen molar-refractivity contribution in [1.82, 2.24) is 9.38 Å². The number of aromatic nitrogens is 2. The first kappa shape index (κ1) is 13.0. The number of hydrogen-bond acceptors (Lipinski definition) is 3. The Morgan fingerprint density at radius 2 is 1.84 bits per heavy atom. The molecule has 0 amide bonds. The van der Waals surface area contributed by atoms with Crippen LogP contribution in [-0.2, 0) is 9.31 Å². The molecule has 6 heteroatoms. The quantitative estimate of drug-likeness (QED) is 0.751. The molecule has 0 aromatic carbocycles. The van der Waals surface area contributed by atoms with Gasteiger partial charge in [0.2, 0.25) is 0 Å². The zero-order valence-corrected chi connectivity index (χ0v) is 12.2. The van der Waals surface area contributed by atoms with Gasteiger partial charge in [0.1, 0.15) is 5.65 Å². The minimum absolute atomic E-state index is 0.353. The van der Waals surface area contributed by atoms with Crippen LogP contribution in [0.15, 0.2) is 24.5 Å². The minimum Gasteiger partial charge on any atom is -0.398 e. The lowest BCUT2D eigenvalue weighted by Crippen LogP contribution is -2.41. The first-order valence-electron chi connectivity index (χ1n) is 6.28. The zero-order chi connectivity index (χ0) is 13.8. The van der Waals surface area contributed by atoms with E-state index in [-0.39, 0.29) is 11.2 Å². The maximum Gasteiger partial charge on any atom is 0.514 e. The number of fused-ring (bicyclic) bond motifs is 1. The van der Waals surface area contributed by atoms with E-state index in [0.717, 1.165) is 11.2 Å². The number of nitrogens with zero attached hydrogens (tertiary/aromatic N) is 2. The second kappa shape index (κ2) is 3.98. The molecule has 1 saturated heterocycles. The van der Waals surface area contributed by atoms with Crippen LogP contribution in [0.3, 0.4) is 0 Å². The highest BCUT2D eigenvalue weighted by Gasteiger charge is 2.52. The smallest absolute Gasteiger partial charge is 0.398 e. The lowest BCUT2D eigenvalue weighted by Gasteiger charge is -2.32. The topological polar surface area (TPSA) is 35.8 Å². The molecule has 0 saturated carbocycles. The first-order valence-corrected chi connectivity index (χ1v) is 6.66. The van der Waals surface area contributed by atoms with Gasteiger partial charge in [-0.15, -0.1) is 0 Å². The maximum atomic E-state index is 6.03. The van der Waals surface area contributed by atoms with Crippen molar-refractivity contribution in [3.05, 3.63) is 29.5 Å². The van der Waals surface area contributed by atoms with Crippen molar-refractivity contribution < 1.29 is 9.31 Å². The van der Waals surface area contributed by atoms with Gasteiger partial charge in [-0.3, -0.25) is 0 Å². The largest absolute Gasteiger partial charge is 0.514 e. The average molecular weight is 279 g/mol. The van der Waals surface area contributed by atoms with E-state index in [1.54, 1.807) is 6.20 Å². The predicted molar refractivity (Wildman–Crippen MR) is 75.9 cm³/mol. The van der Waals surface area contributed by atoms with E-state index in [0.29, 0.717) is 5.02 Å². The van der Waals surface area contributed by atoms with E-state index in [1.165, 1.54) is 0 Å². The lowest BCUT2D eigenvalue weighted by molar-refractivity contribution is 0.00578. The van der Waals surface area contributed by atoms with Crippen LogP contribution >= 0.6 is 11.6 Å². The third-order valence-corrected chi connectivity index (χ3v) is 4.23. The fourth-order valence-electron chi connectivity index (χ4n) is 2.11. The number of hydrogen-bond donors (Lipinski definition) is 0. The molecule has 0 atom stereocenters. The van der Waals surface area contributed by atoms with Gasteiger partial charge in [-0.2, -0.15) is 0 Å². The van der Waals surface area contributed by atoms with Crippen molar-refractivity contribution >= 4 is 30.0 Å². The Kier molecular flexibility index (Phi) is 2.72. The number of pyridine rings is 1. The fourth-order valence-corrected chi connectivity index (χ4v) is 2.27. The normalized spacial score (nSPS) is 21.2. The van der Waals surface area contributed by atoms with Gasteiger partial charge < -0.3 is 13.7 Å². The molecule has 0 spiro atoms. The standard InChI is InChI=1S/C13H16BClN2O2/c1-12(2)13(3,4)19-14(18-12)10-8-16-11-7-9(15)5-6-17(10)11/h5-8H,1-4H3. The minimum atomic E-state index is -0.416. The summed E-state index contributed by atoms with van der Waals surface area (Å²) in [6.45, 7) is 8.14. The number of imidazole rings is 1. The highest BCUT2D eigenvalue weighted by molar-refractivity contribution is 6.61. The summed E-state index contributed by atoms with van der Waals surface area (Å²) in [5, 5.41) is 0.665. The summed E-state index contributed by atoms with van der Waals surface area (Å²) in [7, 11) is -0.416. The molecule has 2 aromatic rings. The molecule has 0 aliphatic carbocycles. The van der Waals surface area contributed by atoms with E-state index >= 15 is 0 Å². The van der Waals surface area contributed by atoms with Crippen LogP contribution in [0.25, 0.3) is 5.65 Å². The van der Waals surface area contributed by atoms with Crippen LogP contribution < -0.4 is 5.59 Å². The molecule has 2 aromatic heterocycles. The van der Waals surface area contributed by atoms with Crippen molar-refractivity contribution in [3.8, 4) is 0 Å². The first-order chi connectivity index (χ1) is 8.80. The second-order valence-electron chi connectivity index (χ2n) is 5.84. The van der Waals surface area contributed by atoms with Gasteiger partial charge >= 0.3 is 7.12 Å². The number of halogens is 1. The van der Waals surface area contributed by atoms with E-state index in [2.05, 4.69) is 4.98 Å². The van der Waals surface area contributed by atoms with Crippen molar-refractivity contribution in [1.29, 1.82) is 0 Å². The van der Waals surface area contributed by atoms with Gasteiger partial charge in [0.05, 0.1) is 16.8 Å². The van der Waals surface area contributed by atoms with Crippen molar-refractivity contribution in [2.24, 2.45) is 0 Å². The molecule has 1 aliphatic rings. The molecule has 3 heterocycles. The molecule has 1 fully saturated rings. The summed E-state index contributed by atoms with van der Waals surface area (Å²) in [5.74, 6) is 0. The average Bonchev–Trinajstić information content (AvgIpc) is 2.77. The van der Waals surface area contributed by atoms with Gasteiger partial charge in [0, 0.05) is 17.4 Å². The Bertz CT molecular complexity index is 623. The zero-order valence-electron chi connectivity index (χ0n) is 11.5. The lowest BCUT2D eigenvalue weighted by atomic mass is 9.85. The summed E-state index contributed by atoms with van der Waals surface area (Å²) in [6.07, 6.45) is 3.65. The molecular weight excluding hydrogens is 262 g/mol. The third-order valence-electron chi connectivity index (χ3n) is 4.00. The van der Waals surface area contributed by atoms with Crippen LogP contribution in [0.1, 0.15) is 27.7 Å². The summed E-state index contributed by atoms with van der Waals surface area (Å²) >= 11 is 5.96. The van der Waals surface area contributed by atoms with Crippen LogP contribution in [0.4, 0.5) is 0 Å². The van der Waals surface area contributed by atoms with Gasteiger partial charge in [-0.25, -0.2) is 4.98 Å².